The second-order valence-corrected chi connectivity index (χ2v) is 4.80. The fourth-order valence-electron chi connectivity index (χ4n) is 2.07. The van der Waals surface area contributed by atoms with Gasteiger partial charge in [-0.05, 0) is 18.1 Å². The lowest BCUT2D eigenvalue weighted by Crippen LogP contribution is -2.29. The molecule has 3 rings (SSSR count). The number of amides is 1. The van der Waals surface area contributed by atoms with Crippen molar-refractivity contribution in [3.63, 3.8) is 0 Å². The molecular weight excluding hydrogens is 234 g/mol. The van der Waals surface area contributed by atoms with Crippen molar-refractivity contribution in [2.75, 3.05) is 17.2 Å². The van der Waals surface area contributed by atoms with Gasteiger partial charge in [-0.1, -0.05) is 18.2 Å². The van der Waals surface area contributed by atoms with Gasteiger partial charge >= 0.3 is 0 Å². The number of nitrogens with two attached hydrogens (primary N) is 1. The average molecular weight is 245 g/mol. The molecule has 0 saturated carbocycles. The van der Waals surface area contributed by atoms with Crippen LogP contribution in [0, 0.1) is 0 Å². The Morgan fingerprint density at radius 3 is 3.00 bits per heavy atom. The third-order valence-electron chi connectivity index (χ3n) is 2.87. The molecule has 0 atom stereocenters. The molecule has 0 spiro atoms. The van der Waals surface area contributed by atoms with Gasteiger partial charge in [-0.3, -0.25) is 4.79 Å². The molecule has 0 saturated heterocycles. The van der Waals surface area contributed by atoms with Gasteiger partial charge in [-0.15, -0.1) is 11.3 Å². The molecule has 86 valence electrons. The first-order chi connectivity index (χ1) is 8.25. The van der Waals surface area contributed by atoms with E-state index in [4.69, 9.17) is 5.73 Å². The molecule has 0 fully saturated rings. The fourth-order valence-corrected chi connectivity index (χ4v) is 2.61. The van der Waals surface area contributed by atoms with E-state index in [9.17, 15) is 4.79 Å². The maximum Gasteiger partial charge on any atom is 0.277 e. The standard InChI is InChI=1S/C12H11N3OS/c13-12-14-9(7-17-12)11(16)15-6-5-8-3-1-2-4-10(8)15/h1-4,7H,5-6H2,(H2,13,14). The van der Waals surface area contributed by atoms with E-state index in [-0.39, 0.29) is 5.91 Å². The zero-order valence-corrected chi connectivity index (χ0v) is 9.91. The minimum Gasteiger partial charge on any atom is -0.375 e. The van der Waals surface area contributed by atoms with Crippen LogP contribution >= 0.6 is 11.3 Å². The molecule has 4 nitrogen and oxygen atoms in total. The van der Waals surface area contributed by atoms with Gasteiger partial charge in [0.25, 0.3) is 5.91 Å². The van der Waals surface area contributed by atoms with Crippen molar-refractivity contribution in [2.45, 2.75) is 6.42 Å². The molecule has 1 aliphatic heterocycles. The van der Waals surface area contributed by atoms with Crippen LogP contribution in [0.3, 0.4) is 0 Å². The van der Waals surface area contributed by atoms with E-state index in [0.29, 0.717) is 10.8 Å². The number of hydrogen-bond donors (Lipinski definition) is 1. The van der Waals surface area contributed by atoms with E-state index >= 15 is 0 Å². The number of benzene rings is 1. The molecule has 0 bridgehead atoms. The van der Waals surface area contributed by atoms with Crippen molar-refractivity contribution in [2.24, 2.45) is 0 Å². The third-order valence-corrected chi connectivity index (χ3v) is 3.55. The Hall–Kier alpha value is -1.88. The number of carbonyl (C=O) groups is 1. The van der Waals surface area contributed by atoms with Crippen molar-refractivity contribution >= 4 is 28.1 Å². The summed E-state index contributed by atoms with van der Waals surface area (Å²) in [4.78, 5) is 18.0. The Kier molecular flexibility index (Phi) is 2.33. The highest BCUT2D eigenvalue weighted by Crippen LogP contribution is 2.29. The third kappa shape index (κ3) is 1.68. The number of hydrogen-bond acceptors (Lipinski definition) is 4. The molecular formula is C12H11N3OS. The normalized spacial score (nSPS) is 13.8. The molecule has 17 heavy (non-hydrogen) atoms. The maximum absolute atomic E-state index is 12.2. The molecule has 5 heteroatoms. The van der Waals surface area contributed by atoms with Gasteiger partial charge in [0.05, 0.1) is 0 Å². The van der Waals surface area contributed by atoms with Crippen LogP contribution in [0.15, 0.2) is 29.6 Å². The maximum atomic E-state index is 12.2. The summed E-state index contributed by atoms with van der Waals surface area (Å²) >= 11 is 1.29. The number of thiazole rings is 1. The Morgan fingerprint density at radius 2 is 2.24 bits per heavy atom. The van der Waals surface area contributed by atoms with Crippen LogP contribution in [-0.2, 0) is 6.42 Å². The highest BCUT2D eigenvalue weighted by atomic mass is 32.1. The molecule has 0 radical (unpaired) electrons. The van der Waals surface area contributed by atoms with Crippen LogP contribution in [0.1, 0.15) is 16.1 Å². The Labute approximate surface area is 103 Å². The van der Waals surface area contributed by atoms with Gasteiger partial charge in [-0.2, -0.15) is 0 Å². The highest BCUT2D eigenvalue weighted by molar-refractivity contribution is 7.13. The lowest BCUT2D eigenvalue weighted by molar-refractivity contribution is 0.0985. The first-order valence-electron chi connectivity index (χ1n) is 5.36. The molecule has 0 aliphatic carbocycles. The van der Waals surface area contributed by atoms with E-state index in [0.717, 1.165) is 18.7 Å². The number of nitrogen functional groups attached to an aromatic ring is 1. The monoisotopic (exact) mass is 245 g/mol. The van der Waals surface area contributed by atoms with Crippen molar-refractivity contribution in [3.8, 4) is 0 Å². The predicted octanol–water partition coefficient (Wildman–Crippen LogP) is 1.93. The number of nitrogens with zero attached hydrogens (tertiary/aromatic N) is 2. The largest absolute Gasteiger partial charge is 0.375 e. The van der Waals surface area contributed by atoms with Crippen molar-refractivity contribution in [1.82, 2.24) is 4.98 Å². The van der Waals surface area contributed by atoms with Crippen LogP contribution in [0.2, 0.25) is 0 Å². The van der Waals surface area contributed by atoms with Crippen LogP contribution < -0.4 is 10.6 Å². The number of aromatic nitrogens is 1. The van der Waals surface area contributed by atoms with Gasteiger partial charge in [0, 0.05) is 17.6 Å². The summed E-state index contributed by atoms with van der Waals surface area (Å²) in [5, 5.41) is 2.14. The van der Waals surface area contributed by atoms with E-state index in [2.05, 4.69) is 11.1 Å². The highest BCUT2D eigenvalue weighted by Gasteiger charge is 2.26. The summed E-state index contributed by atoms with van der Waals surface area (Å²) < 4.78 is 0. The van der Waals surface area contributed by atoms with E-state index in [1.165, 1.54) is 16.9 Å². The molecule has 1 amide bonds. The van der Waals surface area contributed by atoms with Crippen molar-refractivity contribution in [1.29, 1.82) is 0 Å². The molecule has 1 aromatic carbocycles. The van der Waals surface area contributed by atoms with Crippen molar-refractivity contribution < 1.29 is 4.79 Å². The Bertz CT molecular complexity index is 579. The van der Waals surface area contributed by atoms with Gasteiger partial charge in [-0.25, -0.2) is 4.98 Å². The molecule has 0 unspecified atom stereocenters. The number of fused-ring (bicyclic) bond motifs is 1. The number of anilines is 2. The van der Waals surface area contributed by atoms with Crippen LogP contribution in [-0.4, -0.2) is 17.4 Å². The summed E-state index contributed by atoms with van der Waals surface area (Å²) in [5.41, 5.74) is 8.18. The summed E-state index contributed by atoms with van der Waals surface area (Å²) in [5.74, 6) is -0.0668. The zero-order valence-electron chi connectivity index (χ0n) is 9.09. The topological polar surface area (TPSA) is 59.2 Å². The van der Waals surface area contributed by atoms with Crippen LogP contribution in [0.5, 0.6) is 0 Å². The number of para-hydroxylation sites is 1. The first kappa shape index (κ1) is 10.3. The number of rotatable bonds is 1. The quantitative estimate of drug-likeness (QED) is 0.835. The van der Waals surface area contributed by atoms with Gasteiger partial charge in [0.2, 0.25) is 0 Å². The minimum absolute atomic E-state index is 0.0668. The summed E-state index contributed by atoms with van der Waals surface area (Å²) in [7, 11) is 0. The first-order valence-corrected chi connectivity index (χ1v) is 6.24. The van der Waals surface area contributed by atoms with Gasteiger partial charge in [0.1, 0.15) is 5.69 Å². The van der Waals surface area contributed by atoms with E-state index in [1.807, 2.05) is 18.2 Å². The molecule has 1 aliphatic rings. The van der Waals surface area contributed by atoms with E-state index < -0.39 is 0 Å². The van der Waals surface area contributed by atoms with Gasteiger partial charge < -0.3 is 10.6 Å². The summed E-state index contributed by atoms with van der Waals surface area (Å²) in [6.45, 7) is 0.718. The average Bonchev–Trinajstić information content (AvgIpc) is 2.94. The molecule has 1 aromatic heterocycles. The van der Waals surface area contributed by atoms with Crippen molar-refractivity contribution in [3.05, 3.63) is 40.9 Å². The predicted molar refractivity (Wildman–Crippen MR) is 68.3 cm³/mol. The molecule has 2 heterocycles. The molecule has 2 N–H and O–H groups in total. The lowest BCUT2D eigenvalue weighted by atomic mass is 10.2. The number of carbonyl (C=O) groups excluding carboxylic acids is 1. The smallest absolute Gasteiger partial charge is 0.277 e. The lowest BCUT2D eigenvalue weighted by Gasteiger charge is -2.15. The minimum atomic E-state index is -0.0668. The Morgan fingerprint density at radius 1 is 1.41 bits per heavy atom. The second kappa shape index (κ2) is 3.85. The van der Waals surface area contributed by atoms with Crippen LogP contribution in [0.25, 0.3) is 0 Å². The SMILES string of the molecule is Nc1nc(C(=O)N2CCc3ccccc32)cs1. The van der Waals surface area contributed by atoms with E-state index in [1.54, 1.807) is 10.3 Å². The van der Waals surface area contributed by atoms with Crippen LogP contribution in [0.4, 0.5) is 10.8 Å². The fraction of sp³-hybridized carbons (Fsp3) is 0.167. The zero-order chi connectivity index (χ0) is 11.8. The second-order valence-electron chi connectivity index (χ2n) is 3.91. The molecule has 2 aromatic rings. The van der Waals surface area contributed by atoms with Gasteiger partial charge in [0.15, 0.2) is 5.13 Å². The Balaban J connectivity index is 1.95. The summed E-state index contributed by atoms with van der Waals surface area (Å²) in [6.07, 6.45) is 0.904. The summed E-state index contributed by atoms with van der Waals surface area (Å²) in [6, 6.07) is 7.96.